The highest BCUT2D eigenvalue weighted by Crippen LogP contribution is 2.38. The van der Waals surface area contributed by atoms with Crippen LogP contribution in [0.25, 0.3) is 0 Å². The lowest BCUT2D eigenvalue weighted by Gasteiger charge is -2.41. The predicted molar refractivity (Wildman–Crippen MR) is 139 cm³/mol. The van der Waals surface area contributed by atoms with Crippen LogP contribution < -0.4 is 10.1 Å². The molecule has 3 saturated heterocycles. The first kappa shape index (κ1) is 26.0. The van der Waals surface area contributed by atoms with Crippen LogP contribution in [0.4, 0.5) is 4.79 Å². The van der Waals surface area contributed by atoms with Crippen LogP contribution in [0.2, 0.25) is 0 Å². The molecule has 3 aliphatic rings. The van der Waals surface area contributed by atoms with Crippen molar-refractivity contribution in [2.45, 2.75) is 83.8 Å². The molecule has 0 spiro atoms. The van der Waals surface area contributed by atoms with Gasteiger partial charge in [0, 0.05) is 19.1 Å². The second-order valence-electron chi connectivity index (χ2n) is 11.0. The van der Waals surface area contributed by atoms with E-state index < -0.39 is 5.54 Å². The Morgan fingerprint density at radius 1 is 1.09 bits per heavy atom. The van der Waals surface area contributed by atoms with Crippen molar-refractivity contribution in [1.82, 2.24) is 20.0 Å². The van der Waals surface area contributed by atoms with Gasteiger partial charge in [0.15, 0.2) is 0 Å². The number of rotatable bonds is 9. The zero-order valence-electron chi connectivity index (χ0n) is 22.4. The highest BCUT2D eigenvalue weighted by atomic mass is 16.5. The number of nitrogens with one attached hydrogen (secondary N) is 1. The maximum absolute atomic E-state index is 13.7. The van der Waals surface area contributed by atoms with Gasteiger partial charge < -0.3 is 15.0 Å². The topological polar surface area (TPSA) is 65.1 Å². The van der Waals surface area contributed by atoms with E-state index in [2.05, 4.69) is 55.1 Å². The minimum absolute atomic E-state index is 0.0186. The van der Waals surface area contributed by atoms with E-state index in [-0.39, 0.29) is 17.9 Å². The van der Waals surface area contributed by atoms with Crippen molar-refractivity contribution in [3.63, 3.8) is 0 Å². The van der Waals surface area contributed by atoms with E-state index in [0.717, 1.165) is 76.0 Å². The van der Waals surface area contributed by atoms with Crippen LogP contribution >= 0.6 is 0 Å². The highest BCUT2D eigenvalue weighted by molar-refractivity contribution is 6.07. The Morgan fingerprint density at radius 2 is 1.83 bits per heavy atom. The van der Waals surface area contributed by atoms with E-state index in [4.69, 9.17) is 4.74 Å². The molecule has 1 aromatic carbocycles. The average Bonchev–Trinajstić information content (AvgIpc) is 3.35. The first-order valence-corrected chi connectivity index (χ1v) is 13.5. The molecular weight excluding hydrogens is 440 g/mol. The summed E-state index contributed by atoms with van der Waals surface area (Å²) in [6, 6.07) is 4.65. The minimum Gasteiger partial charge on any atom is -0.496 e. The summed E-state index contributed by atoms with van der Waals surface area (Å²) in [4.78, 5) is 33.1. The van der Waals surface area contributed by atoms with E-state index in [1.807, 2.05) is 0 Å². The van der Waals surface area contributed by atoms with E-state index in [0.29, 0.717) is 12.6 Å². The van der Waals surface area contributed by atoms with Crippen LogP contribution in [0.5, 0.6) is 5.75 Å². The molecule has 0 radical (unpaired) electrons. The Balaban J connectivity index is 1.40. The third-order valence-electron chi connectivity index (χ3n) is 8.74. The summed E-state index contributed by atoms with van der Waals surface area (Å²) in [6.45, 7) is 10.8. The molecule has 7 nitrogen and oxygen atoms in total. The summed E-state index contributed by atoms with van der Waals surface area (Å²) < 4.78 is 5.47. The highest BCUT2D eigenvalue weighted by Gasteiger charge is 2.55. The molecule has 7 heteroatoms. The van der Waals surface area contributed by atoms with Crippen molar-refractivity contribution >= 4 is 11.9 Å². The summed E-state index contributed by atoms with van der Waals surface area (Å²) in [5.74, 6) is 1.14. The average molecular weight is 485 g/mol. The number of hydrogen-bond donors (Lipinski definition) is 1. The van der Waals surface area contributed by atoms with Gasteiger partial charge in [0.05, 0.1) is 7.11 Å². The zero-order chi connectivity index (χ0) is 25.2. The molecule has 0 aromatic heterocycles. The van der Waals surface area contributed by atoms with Crippen molar-refractivity contribution in [1.29, 1.82) is 0 Å². The summed E-state index contributed by atoms with van der Waals surface area (Å²) >= 11 is 0. The van der Waals surface area contributed by atoms with Gasteiger partial charge in [0.1, 0.15) is 11.3 Å². The van der Waals surface area contributed by atoms with Crippen LogP contribution in [0.3, 0.4) is 0 Å². The molecule has 0 aliphatic carbocycles. The molecule has 1 aromatic rings. The summed E-state index contributed by atoms with van der Waals surface area (Å²) in [5.41, 5.74) is 3.01. The third-order valence-corrected chi connectivity index (χ3v) is 8.74. The number of methoxy groups -OCH3 is 1. The molecule has 1 N–H and O–H groups in total. The fourth-order valence-electron chi connectivity index (χ4n) is 6.58. The number of amides is 3. The van der Waals surface area contributed by atoms with Crippen LogP contribution in [0.1, 0.15) is 68.6 Å². The Labute approximate surface area is 211 Å². The van der Waals surface area contributed by atoms with Gasteiger partial charge in [0.25, 0.3) is 5.91 Å². The third kappa shape index (κ3) is 5.21. The van der Waals surface area contributed by atoms with Gasteiger partial charge in [-0.2, -0.15) is 0 Å². The number of likely N-dealkylation sites (tertiary alicyclic amines) is 2. The molecule has 4 rings (SSSR count). The number of nitrogens with zero attached hydrogens (tertiary/aromatic N) is 3. The fraction of sp³-hybridized carbons (Fsp3) is 0.714. The van der Waals surface area contributed by atoms with Crippen molar-refractivity contribution in [3.8, 4) is 5.75 Å². The molecule has 3 aliphatic heterocycles. The van der Waals surface area contributed by atoms with Gasteiger partial charge in [-0.05, 0) is 108 Å². The summed E-state index contributed by atoms with van der Waals surface area (Å²) in [5, 5.41) is 3.21. The van der Waals surface area contributed by atoms with Gasteiger partial charge in [0.2, 0.25) is 0 Å². The van der Waals surface area contributed by atoms with Gasteiger partial charge in [-0.15, -0.1) is 0 Å². The van der Waals surface area contributed by atoms with Crippen molar-refractivity contribution < 1.29 is 14.3 Å². The Kier molecular flexibility index (Phi) is 8.06. The van der Waals surface area contributed by atoms with Gasteiger partial charge >= 0.3 is 6.03 Å². The van der Waals surface area contributed by atoms with E-state index in [9.17, 15) is 9.59 Å². The van der Waals surface area contributed by atoms with Gasteiger partial charge in [-0.25, -0.2) is 4.79 Å². The lowest BCUT2D eigenvalue weighted by molar-refractivity contribution is -0.134. The van der Waals surface area contributed by atoms with Crippen molar-refractivity contribution in [2.75, 3.05) is 40.3 Å². The van der Waals surface area contributed by atoms with Crippen LogP contribution in [0.15, 0.2) is 12.1 Å². The van der Waals surface area contributed by atoms with E-state index in [1.165, 1.54) is 22.4 Å². The zero-order valence-corrected chi connectivity index (χ0v) is 22.4. The maximum atomic E-state index is 13.7. The van der Waals surface area contributed by atoms with Gasteiger partial charge in [-0.3, -0.25) is 14.6 Å². The van der Waals surface area contributed by atoms with Crippen LogP contribution in [0, 0.1) is 19.8 Å². The Morgan fingerprint density at radius 3 is 2.46 bits per heavy atom. The molecule has 3 fully saturated rings. The number of imide groups is 1. The Hall–Kier alpha value is -2.12. The minimum atomic E-state index is -0.730. The largest absolute Gasteiger partial charge is 0.496 e. The molecule has 2 unspecified atom stereocenters. The smallest absolute Gasteiger partial charge is 0.325 e. The monoisotopic (exact) mass is 484 g/mol. The standard InChI is InChI=1S/C28H44N4O3/c1-6-12-28(26(33)32(27(34)29-28)16-11-24-8-7-13-30(24)4)23-9-14-31(15-10-23)19-22-17-21(3)25(35-5)18-20(22)2/h17-18,23-24H,6-16,19H2,1-5H3,(H,29,34). The number of piperidine rings is 1. The lowest BCUT2D eigenvalue weighted by Crippen LogP contribution is -2.56. The number of ether oxygens (including phenoxy) is 1. The van der Waals surface area contributed by atoms with Crippen LogP contribution in [-0.4, -0.2) is 78.6 Å². The summed E-state index contributed by atoms with van der Waals surface area (Å²) in [7, 11) is 3.86. The number of hydrogen-bond acceptors (Lipinski definition) is 5. The molecular formula is C28H44N4O3. The lowest BCUT2D eigenvalue weighted by atomic mass is 9.74. The number of benzene rings is 1. The predicted octanol–water partition coefficient (Wildman–Crippen LogP) is 4.10. The van der Waals surface area contributed by atoms with E-state index >= 15 is 0 Å². The second-order valence-corrected chi connectivity index (χ2v) is 11.0. The molecule has 35 heavy (non-hydrogen) atoms. The molecule has 3 heterocycles. The number of aryl methyl sites for hydroxylation is 2. The molecule has 194 valence electrons. The fourth-order valence-corrected chi connectivity index (χ4v) is 6.58. The van der Waals surface area contributed by atoms with Crippen molar-refractivity contribution in [3.05, 3.63) is 28.8 Å². The quantitative estimate of drug-likeness (QED) is 0.535. The normalized spacial score (nSPS) is 26.5. The number of carbonyl (C=O) groups excluding carboxylic acids is 2. The van der Waals surface area contributed by atoms with Crippen molar-refractivity contribution in [2.24, 2.45) is 5.92 Å². The second kappa shape index (κ2) is 10.9. The molecule has 2 atom stereocenters. The number of urea groups is 1. The molecule has 0 saturated carbocycles. The van der Waals surface area contributed by atoms with Gasteiger partial charge in [-0.1, -0.05) is 19.4 Å². The van der Waals surface area contributed by atoms with Crippen LogP contribution in [-0.2, 0) is 11.3 Å². The molecule has 3 amide bonds. The molecule has 0 bridgehead atoms. The SMILES string of the molecule is CCCC1(C2CCN(Cc3cc(C)c(OC)cc3C)CC2)NC(=O)N(CCC2CCCN2C)C1=O. The Bertz CT molecular complexity index is 927. The first-order chi connectivity index (χ1) is 16.8. The maximum Gasteiger partial charge on any atom is 0.325 e. The number of carbonyl (C=O) groups is 2. The first-order valence-electron chi connectivity index (χ1n) is 13.5. The summed E-state index contributed by atoms with van der Waals surface area (Å²) in [6.07, 6.45) is 6.70. The van der Waals surface area contributed by atoms with E-state index in [1.54, 1.807) is 7.11 Å².